The predicted octanol–water partition coefficient (Wildman–Crippen LogP) is 3.74. The standard InChI is InChI=1S/C23H33N5O2.HI/c1-6-24-23(25-15-19-8-7-9-22(26-19)27(2)3)28-11-10-17(16-28)18-12-20(29-4)14-21(13-18)30-5;/h7-9,12-14,17H,6,10-11,15-16H2,1-5H3,(H,24,25);1H. The highest BCUT2D eigenvalue weighted by Crippen LogP contribution is 2.33. The molecule has 1 aliphatic heterocycles. The highest BCUT2D eigenvalue weighted by molar-refractivity contribution is 14.0. The number of halogens is 1. The quantitative estimate of drug-likeness (QED) is 0.329. The molecule has 31 heavy (non-hydrogen) atoms. The number of aromatic nitrogens is 1. The van der Waals surface area contributed by atoms with Crippen LogP contribution in [0.15, 0.2) is 41.4 Å². The maximum absolute atomic E-state index is 5.44. The molecule has 0 spiro atoms. The fourth-order valence-electron chi connectivity index (χ4n) is 3.68. The SMILES string of the molecule is CCNC(=NCc1cccc(N(C)C)n1)N1CCC(c2cc(OC)cc(OC)c2)C1.I. The molecule has 1 aromatic heterocycles. The van der Waals surface area contributed by atoms with Gasteiger partial charge in [-0.1, -0.05) is 6.07 Å². The predicted molar refractivity (Wildman–Crippen MR) is 137 cm³/mol. The molecule has 1 saturated heterocycles. The van der Waals surface area contributed by atoms with Crippen LogP contribution in [0.1, 0.15) is 30.5 Å². The van der Waals surface area contributed by atoms with E-state index in [2.05, 4.69) is 34.3 Å². The van der Waals surface area contributed by atoms with Gasteiger partial charge < -0.3 is 24.6 Å². The number of nitrogens with zero attached hydrogens (tertiary/aromatic N) is 4. The lowest BCUT2D eigenvalue weighted by Crippen LogP contribution is -2.40. The number of guanidine groups is 1. The van der Waals surface area contributed by atoms with Gasteiger partial charge in [0.05, 0.1) is 26.5 Å². The molecule has 8 heteroatoms. The summed E-state index contributed by atoms with van der Waals surface area (Å²) in [5.74, 6) is 3.95. The van der Waals surface area contributed by atoms with Crippen LogP contribution in [0.2, 0.25) is 0 Å². The van der Waals surface area contributed by atoms with Gasteiger partial charge in [-0.05, 0) is 43.2 Å². The minimum absolute atomic E-state index is 0. The number of rotatable bonds is 7. The Morgan fingerprint density at radius 2 is 1.90 bits per heavy atom. The molecule has 1 N–H and O–H groups in total. The molecule has 2 heterocycles. The van der Waals surface area contributed by atoms with Crippen LogP contribution in [0.25, 0.3) is 0 Å². The molecule has 3 rings (SSSR count). The van der Waals surface area contributed by atoms with Crippen molar-refractivity contribution in [1.82, 2.24) is 15.2 Å². The van der Waals surface area contributed by atoms with E-state index in [-0.39, 0.29) is 24.0 Å². The van der Waals surface area contributed by atoms with Crippen LogP contribution in [0.5, 0.6) is 11.5 Å². The number of anilines is 1. The normalized spacial score (nSPS) is 16.0. The van der Waals surface area contributed by atoms with Crippen molar-refractivity contribution in [2.75, 3.05) is 52.8 Å². The van der Waals surface area contributed by atoms with Crippen molar-refractivity contribution >= 4 is 35.8 Å². The highest BCUT2D eigenvalue weighted by atomic mass is 127. The number of hydrogen-bond donors (Lipinski definition) is 1. The van der Waals surface area contributed by atoms with E-state index in [0.29, 0.717) is 12.5 Å². The Balaban J connectivity index is 0.00000341. The largest absolute Gasteiger partial charge is 0.497 e. The van der Waals surface area contributed by atoms with E-state index >= 15 is 0 Å². The lowest BCUT2D eigenvalue weighted by Gasteiger charge is -2.22. The topological polar surface area (TPSA) is 62.2 Å². The third-order valence-corrected chi connectivity index (χ3v) is 5.31. The van der Waals surface area contributed by atoms with Crippen LogP contribution in [0.4, 0.5) is 5.82 Å². The maximum atomic E-state index is 5.44. The molecule has 0 aliphatic carbocycles. The van der Waals surface area contributed by atoms with E-state index in [4.69, 9.17) is 14.5 Å². The minimum Gasteiger partial charge on any atom is -0.497 e. The zero-order chi connectivity index (χ0) is 21.5. The van der Waals surface area contributed by atoms with E-state index in [1.165, 1.54) is 5.56 Å². The molecular formula is C23H34IN5O2. The Morgan fingerprint density at radius 3 is 2.52 bits per heavy atom. The second-order valence-electron chi connectivity index (χ2n) is 7.63. The summed E-state index contributed by atoms with van der Waals surface area (Å²) in [5, 5.41) is 3.44. The van der Waals surface area contributed by atoms with Gasteiger partial charge in [0.1, 0.15) is 17.3 Å². The first-order valence-corrected chi connectivity index (χ1v) is 10.4. The molecule has 0 saturated carbocycles. The number of benzene rings is 1. The Hall–Kier alpha value is -2.23. The molecule has 7 nitrogen and oxygen atoms in total. The van der Waals surface area contributed by atoms with Gasteiger partial charge in [0, 0.05) is 45.7 Å². The van der Waals surface area contributed by atoms with Crippen LogP contribution in [0.3, 0.4) is 0 Å². The summed E-state index contributed by atoms with van der Waals surface area (Å²) in [6.45, 7) is 5.35. The Morgan fingerprint density at radius 1 is 1.19 bits per heavy atom. The van der Waals surface area contributed by atoms with Crippen LogP contribution >= 0.6 is 24.0 Å². The van der Waals surface area contributed by atoms with Gasteiger partial charge in [0.15, 0.2) is 5.96 Å². The van der Waals surface area contributed by atoms with Crippen molar-refractivity contribution in [1.29, 1.82) is 0 Å². The number of ether oxygens (including phenoxy) is 2. The lowest BCUT2D eigenvalue weighted by atomic mass is 9.98. The third-order valence-electron chi connectivity index (χ3n) is 5.31. The van der Waals surface area contributed by atoms with Crippen molar-refractivity contribution in [3.63, 3.8) is 0 Å². The number of nitrogens with one attached hydrogen (secondary N) is 1. The average molecular weight is 539 g/mol. The summed E-state index contributed by atoms with van der Waals surface area (Å²) in [6.07, 6.45) is 1.06. The van der Waals surface area contributed by atoms with Crippen LogP contribution < -0.4 is 19.7 Å². The summed E-state index contributed by atoms with van der Waals surface area (Å²) in [4.78, 5) is 13.9. The van der Waals surface area contributed by atoms with E-state index < -0.39 is 0 Å². The van der Waals surface area contributed by atoms with Gasteiger partial charge in [-0.25, -0.2) is 9.98 Å². The summed E-state index contributed by atoms with van der Waals surface area (Å²) >= 11 is 0. The summed E-state index contributed by atoms with van der Waals surface area (Å²) < 4.78 is 10.9. The summed E-state index contributed by atoms with van der Waals surface area (Å²) in [6, 6.07) is 12.2. The Bertz CT molecular complexity index is 853. The zero-order valence-corrected chi connectivity index (χ0v) is 21.4. The molecule has 1 fully saturated rings. The van der Waals surface area contributed by atoms with Gasteiger partial charge in [-0.15, -0.1) is 24.0 Å². The molecule has 0 radical (unpaired) electrons. The van der Waals surface area contributed by atoms with Crippen LogP contribution in [-0.4, -0.2) is 63.8 Å². The number of hydrogen-bond acceptors (Lipinski definition) is 5. The van der Waals surface area contributed by atoms with Gasteiger partial charge in [0.2, 0.25) is 0 Å². The first-order valence-electron chi connectivity index (χ1n) is 10.4. The van der Waals surface area contributed by atoms with Crippen molar-refractivity contribution in [3.05, 3.63) is 47.7 Å². The molecule has 1 aliphatic rings. The van der Waals surface area contributed by atoms with E-state index in [0.717, 1.165) is 55.0 Å². The first kappa shape index (κ1) is 25.0. The highest BCUT2D eigenvalue weighted by Gasteiger charge is 2.27. The fourth-order valence-corrected chi connectivity index (χ4v) is 3.68. The molecule has 0 amide bonds. The van der Waals surface area contributed by atoms with Gasteiger partial charge in [-0.3, -0.25) is 0 Å². The van der Waals surface area contributed by atoms with Crippen molar-refractivity contribution in [2.45, 2.75) is 25.8 Å². The lowest BCUT2D eigenvalue weighted by molar-refractivity contribution is 0.392. The maximum Gasteiger partial charge on any atom is 0.194 e. The fraction of sp³-hybridized carbons (Fsp3) is 0.478. The Kier molecular flexibility index (Phi) is 9.67. The molecule has 1 atom stereocenters. The monoisotopic (exact) mass is 539 g/mol. The van der Waals surface area contributed by atoms with E-state index in [1.807, 2.05) is 43.3 Å². The number of aliphatic imine (C=N–C) groups is 1. The summed E-state index contributed by atoms with van der Waals surface area (Å²) in [5.41, 5.74) is 2.20. The summed E-state index contributed by atoms with van der Waals surface area (Å²) in [7, 11) is 7.37. The van der Waals surface area contributed by atoms with E-state index in [1.54, 1.807) is 14.2 Å². The smallest absolute Gasteiger partial charge is 0.194 e. The number of methoxy groups -OCH3 is 2. The molecule has 0 bridgehead atoms. The van der Waals surface area contributed by atoms with Crippen molar-refractivity contribution in [2.24, 2.45) is 4.99 Å². The molecule has 1 aromatic carbocycles. The average Bonchev–Trinajstić information content (AvgIpc) is 3.26. The molecule has 170 valence electrons. The second-order valence-corrected chi connectivity index (χ2v) is 7.63. The van der Waals surface area contributed by atoms with Gasteiger partial charge >= 0.3 is 0 Å². The zero-order valence-electron chi connectivity index (χ0n) is 19.1. The molecule has 1 unspecified atom stereocenters. The third kappa shape index (κ3) is 6.62. The van der Waals surface area contributed by atoms with Gasteiger partial charge in [-0.2, -0.15) is 0 Å². The number of likely N-dealkylation sites (tertiary alicyclic amines) is 1. The first-order chi connectivity index (χ1) is 14.5. The Labute approximate surface area is 202 Å². The molecule has 2 aromatic rings. The van der Waals surface area contributed by atoms with Crippen molar-refractivity contribution < 1.29 is 9.47 Å². The van der Waals surface area contributed by atoms with Gasteiger partial charge in [0.25, 0.3) is 0 Å². The van der Waals surface area contributed by atoms with Crippen molar-refractivity contribution in [3.8, 4) is 11.5 Å². The second kappa shape index (κ2) is 12.0. The van der Waals surface area contributed by atoms with Crippen LogP contribution in [0, 0.1) is 0 Å². The van der Waals surface area contributed by atoms with Crippen LogP contribution in [-0.2, 0) is 6.54 Å². The van der Waals surface area contributed by atoms with E-state index in [9.17, 15) is 0 Å². The molecular weight excluding hydrogens is 505 g/mol. The minimum atomic E-state index is 0. The number of pyridine rings is 1.